The highest BCUT2D eigenvalue weighted by molar-refractivity contribution is 5.85. The lowest BCUT2D eigenvalue weighted by Gasteiger charge is -2.30. The Morgan fingerprint density at radius 3 is 1.78 bits per heavy atom. The van der Waals surface area contributed by atoms with E-state index in [1.54, 1.807) is 6.92 Å². The van der Waals surface area contributed by atoms with Crippen LogP contribution in [0.25, 0.3) is 0 Å². The zero-order valence-electron chi connectivity index (χ0n) is 16.7. The molecule has 0 saturated heterocycles. The van der Waals surface area contributed by atoms with E-state index in [2.05, 4.69) is 6.92 Å². The summed E-state index contributed by atoms with van der Waals surface area (Å²) in [5.74, 6) is -0.185. The zero-order valence-corrected chi connectivity index (χ0v) is 16.7. The second kappa shape index (κ2) is 15.2. The van der Waals surface area contributed by atoms with Crippen molar-refractivity contribution in [1.29, 1.82) is 0 Å². The van der Waals surface area contributed by atoms with Crippen molar-refractivity contribution in [2.24, 2.45) is 0 Å². The van der Waals surface area contributed by atoms with E-state index in [0.29, 0.717) is 6.42 Å². The number of amides is 3. The lowest BCUT2D eigenvalue weighted by Crippen LogP contribution is -2.49. The average molecular weight is 389 g/mol. The van der Waals surface area contributed by atoms with E-state index in [-0.39, 0.29) is 30.5 Å². The molecule has 0 radical (unpaired) electrons. The van der Waals surface area contributed by atoms with Gasteiger partial charge >= 0.3 is 12.2 Å². The summed E-state index contributed by atoms with van der Waals surface area (Å²) in [7, 11) is 0. The molecule has 0 fully saturated rings. The first-order chi connectivity index (χ1) is 12.8. The van der Waals surface area contributed by atoms with Crippen LogP contribution in [0.5, 0.6) is 0 Å². The molecule has 0 aliphatic heterocycles. The predicted octanol–water partition coefficient (Wildman–Crippen LogP) is 3.77. The first-order valence-corrected chi connectivity index (χ1v) is 9.98. The van der Waals surface area contributed by atoms with Crippen LogP contribution in [-0.2, 0) is 4.79 Å². The molecule has 0 aromatic heterocycles. The van der Waals surface area contributed by atoms with E-state index < -0.39 is 18.2 Å². The molecule has 0 bridgehead atoms. The van der Waals surface area contributed by atoms with Crippen LogP contribution in [0.2, 0.25) is 0 Å². The number of hydrogen-bond acceptors (Lipinski definition) is 4. The Morgan fingerprint density at radius 1 is 0.852 bits per heavy atom. The van der Waals surface area contributed by atoms with Crippen LogP contribution in [0.4, 0.5) is 9.59 Å². The number of hydrogen-bond donors (Lipinski definition) is 3. The van der Waals surface area contributed by atoms with Gasteiger partial charge in [-0.15, -0.1) is 0 Å². The fraction of sp³-hybridized carbons (Fsp3) is 0.842. The van der Waals surface area contributed by atoms with Gasteiger partial charge in [-0.25, -0.2) is 14.5 Å². The van der Waals surface area contributed by atoms with Gasteiger partial charge in [0, 0.05) is 19.0 Å². The van der Waals surface area contributed by atoms with Crippen LogP contribution < -0.4 is 0 Å². The van der Waals surface area contributed by atoms with Gasteiger partial charge in [-0.2, -0.15) is 0 Å². The minimum Gasteiger partial charge on any atom is -0.465 e. The largest absolute Gasteiger partial charge is 0.465 e. The van der Waals surface area contributed by atoms with Gasteiger partial charge in [-0.05, 0) is 13.3 Å². The molecule has 0 heterocycles. The Hall–Kier alpha value is -1.83. The molecule has 0 aliphatic rings. The summed E-state index contributed by atoms with van der Waals surface area (Å²) >= 11 is 0. The third kappa shape index (κ3) is 11.5. The molecular formula is C19H36N2O6. The van der Waals surface area contributed by atoms with Crippen molar-refractivity contribution in [3.63, 3.8) is 0 Å². The number of aliphatic hydroxyl groups is 1. The van der Waals surface area contributed by atoms with E-state index in [9.17, 15) is 19.5 Å². The molecule has 1 atom stereocenters. The van der Waals surface area contributed by atoms with Gasteiger partial charge in [-0.1, -0.05) is 58.3 Å². The molecule has 3 amide bonds. The van der Waals surface area contributed by atoms with Crippen molar-refractivity contribution in [2.45, 2.75) is 84.1 Å². The smallest absolute Gasteiger partial charge is 0.416 e. The number of imide groups is 1. The molecule has 158 valence electrons. The van der Waals surface area contributed by atoms with Crippen LogP contribution in [0.1, 0.15) is 78.1 Å². The van der Waals surface area contributed by atoms with Gasteiger partial charge in [0.25, 0.3) is 0 Å². The topological polar surface area (TPSA) is 118 Å². The third-order valence-corrected chi connectivity index (χ3v) is 4.60. The number of rotatable bonds is 15. The molecule has 8 nitrogen and oxygen atoms in total. The van der Waals surface area contributed by atoms with E-state index in [0.717, 1.165) is 19.3 Å². The van der Waals surface area contributed by atoms with Gasteiger partial charge in [0.1, 0.15) is 0 Å². The Morgan fingerprint density at radius 2 is 1.33 bits per heavy atom. The number of aliphatic hydroxyl groups excluding tert-OH is 1. The number of carbonyl (C=O) groups excluding carboxylic acids is 1. The molecule has 0 spiro atoms. The van der Waals surface area contributed by atoms with E-state index in [1.165, 1.54) is 43.4 Å². The Bertz CT molecular complexity index is 430. The maximum atomic E-state index is 12.4. The molecule has 8 heteroatoms. The lowest BCUT2D eigenvalue weighted by atomic mass is 10.1. The Labute approximate surface area is 162 Å². The molecule has 3 N–H and O–H groups in total. The maximum Gasteiger partial charge on any atom is 0.416 e. The average Bonchev–Trinajstić information content (AvgIpc) is 2.61. The van der Waals surface area contributed by atoms with Gasteiger partial charge < -0.3 is 20.2 Å². The van der Waals surface area contributed by atoms with Crippen molar-refractivity contribution < 1.29 is 29.7 Å². The van der Waals surface area contributed by atoms with Crippen molar-refractivity contribution in [1.82, 2.24) is 9.80 Å². The van der Waals surface area contributed by atoms with E-state index >= 15 is 0 Å². The normalized spacial score (nSPS) is 11.8. The monoisotopic (exact) mass is 388 g/mol. The number of unbranched alkanes of at least 4 members (excludes halogenated alkanes) is 8. The van der Waals surface area contributed by atoms with Gasteiger partial charge in [0.15, 0.2) is 0 Å². The second-order valence-corrected chi connectivity index (χ2v) is 6.91. The van der Waals surface area contributed by atoms with Crippen LogP contribution in [-0.4, -0.2) is 69.0 Å². The van der Waals surface area contributed by atoms with Crippen molar-refractivity contribution >= 4 is 18.1 Å². The minimum absolute atomic E-state index is 0.0600. The van der Waals surface area contributed by atoms with E-state index in [4.69, 9.17) is 10.2 Å². The molecule has 0 saturated carbocycles. The summed E-state index contributed by atoms with van der Waals surface area (Å²) in [6.07, 6.45) is 7.40. The standard InChI is InChI=1S/C19H36N2O6/c1-3-4-5-6-7-8-9-10-11-12-17(23)20(13-14-22)16(2)15-21(18(24)25)19(26)27/h16,22H,3-15H2,1-2H3,(H,24,25)(H,26,27). The van der Waals surface area contributed by atoms with Crippen molar-refractivity contribution in [2.75, 3.05) is 19.7 Å². The fourth-order valence-corrected chi connectivity index (χ4v) is 3.03. The molecule has 0 aromatic carbocycles. The fourth-order valence-electron chi connectivity index (χ4n) is 3.03. The molecule has 27 heavy (non-hydrogen) atoms. The summed E-state index contributed by atoms with van der Waals surface area (Å²) in [5, 5.41) is 27.0. The second-order valence-electron chi connectivity index (χ2n) is 6.91. The first kappa shape index (κ1) is 25.2. The van der Waals surface area contributed by atoms with Gasteiger partial charge in [-0.3, -0.25) is 4.79 Å². The zero-order chi connectivity index (χ0) is 20.7. The van der Waals surface area contributed by atoms with Gasteiger partial charge in [0.05, 0.1) is 13.2 Å². The minimum atomic E-state index is -1.58. The molecule has 1 unspecified atom stereocenters. The first-order valence-electron chi connectivity index (χ1n) is 9.98. The lowest BCUT2D eigenvalue weighted by molar-refractivity contribution is -0.134. The Balaban J connectivity index is 4.26. The number of carbonyl (C=O) groups is 3. The van der Waals surface area contributed by atoms with Crippen LogP contribution in [0, 0.1) is 0 Å². The Kier molecular flexibility index (Phi) is 14.2. The number of carboxylic acid groups (broad SMARTS) is 2. The predicted molar refractivity (Wildman–Crippen MR) is 103 cm³/mol. The van der Waals surface area contributed by atoms with Crippen molar-refractivity contribution in [3.05, 3.63) is 0 Å². The van der Waals surface area contributed by atoms with Crippen LogP contribution in [0.15, 0.2) is 0 Å². The highest BCUT2D eigenvalue weighted by Crippen LogP contribution is 2.12. The molecule has 0 aromatic rings. The van der Waals surface area contributed by atoms with Crippen molar-refractivity contribution in [3.8, 4) is 0 Å². The highest BCUT2D eigenvalue weighted by Gasteiger charge is 2.27. The van der Waals surface area contributed by atoms with Crippen LogP contribution in [0.3, 0.4) is 0 Å². The summed E-state index contributed by atoms with van der Waals surface area (Å²) < 4.78 is 0. The van der Waals surface area contributed by atoms with Gasteiger partial charge in [0.2, 0.25) is 5.91 Å². The molecule has 0 aliphatic carbocycles. The SMILES string of the molecule is CCCCCCCCCCCC(=O)N(CCO)C(C)CN(C(=O)O)C(=O)O. The summed E-state index contributed by atoms with van der Waals surface area (Å²) in [5.41, 5.74) is 0. The summed E-state index contributed by atoms with van der Waals surface area (Å²) in [4.78, 5) is 36.0. The van der Waals surface area contributed by atoms with Crippen LogP contribution >= 0.6 is 0 Å². The summed E-state index contributed by atoms with van der Waals surface area (Å²) in [6.45, 7) is 3.24. The quantitative estimate of drug-likeness (QED) is 0.367. The number of nitrogens with zero attached hydrogens (tertiary/aromatic N) is 2. The molecule has 0 rings (SSSR count). The third-order valence-electron chi connectivity index (χ3n) is 4.60. The highest BCUT2D eigenvalue weighted by atomic mass is 16.4. The molecular weight excluding hydrogens is 352 g/mol. The summed E-state index contributed by atoms with van der Waals surface area (Å²) in [6, 6.07) is -0.629. The maximum absolute atomic E-state index is 12.4. The van der Waals surface area contributed by atoms with E-state index in [1.807, 2.05) is 0 Å².